The number of aromatic amines is 1. The first-order valence-electron chi connectivity index (χ1n) is 11.7. The van der Waals surface area contributed by atoms with Gasteiger partial charge in [0.2, 0.25) is 5.91 Å². The molecular formula is C24H27F2N5O4S. The Bertz CT molecular complexity index is 1450. The highest BCUT2D eigenvalue weighted by atomic mass is 32.2. The van der Waals surface area contributed by atoms with Crippen molar-refractivity contribution >= 4 is 44.1 Å². The summed E-state index contributed by atoms with van der Waals surface area (Å²) in [5.41, 5.74) is 1.06. The number of anilines is 3. The lowest BCUT2D eigenvalue weighted by Gasteiger charge is -2.20. The number of sulfone groups is 1. The third kappa shape index (κ3) is 5.05. The van der Waals surface area contributed by atoms with E-state index in [4.69, 9.17) is 4.74 Å². The van der Waals surface area contributed by atoms with Crippen LogP contribution in [-0.2, 0) is 19.4 Å². The molecule has 1 saturated heterocycles. The molecule has 0 unspecified atom stereocenters. The summed E-state index contributed by atoms with van der Waals surface area (Å²) in [5.74, 6) is -0.733. The molecule has 1 atom stereocenters. The third-order valence-corrected chi connectivity index (χ3v) is 7.53. The molecule has 1 aromatic carbocycles. The fraction of sp³-hybridized carbons (Fsp3) is 0.458. The first-order valence-corrected chi connectivity index (χ1v) is 13.6. The number of hydrogen-bond donors (Lipinski definition) is 3. The van der Waals surface area contributed by atoms with Crippen LogP contribution in [0, 0.1) is 5.92 Å². The van der Waals surface area contributed by atoms with Gasteiger partial charge in [0.25, 0.3) is 6.43 Å². The van der Waals surface area contributed by atoms with Crippen LogP contribution in [0.1, 0.15) is 63.4 Å². The topological polar surface area (TPSA) is 126 Å². The number of rotatable bonds is 7. The largest absolute Gasteiger partial charge is 0.368 e. The summed E-state index contributed by atoms with van der Waals surface area (Å²) in [4.78, 5) is 23.0. The predicted molar refractivity (Wildman–Crippen MR) is 130 cm³/mol. The monoisotopic (exact) mass is 519 g/mol. The van der Waals surface area contributed by atoms with Crippen LogP contribution in [0.25, 0.3) is 11.2 Å². The van der Waals surface area contributed by atoms with Gasteiger partial charge in [0.15, 0.2) is 21.3 Å². The molecule has 1 amide bonds. The van der Waals surface area contributed by atoms with E-state index in [-0.39, 0.29) is 56.8 Å². The normalized spacial score (nSPS) is 19.7. The van der Waals surface area contributed by atoms with Crippen molar-refractivity contribution < 1.29 is 26.7 Å². The first-order chi connectivity index (χ1) is 16.9. The Morgan fingerprint density at radius 2 is 1.92 bits per heavy atom. The molecule has 5 rings (SSSR count). The van der Waals surface area contributed by atoms with Gasteiger partial charge >= 0.3 is 0 Å². The van der Waals surface area contributed by atoms with E-state index in [0.29, 0.717) is 0 Å². The SMILES string of the molecule is CC1(C)CC[C@@H](c2ccc(Nc3cc(NC(=O)C4CC4)nc4[nH]c(C(F)F)nc34)c(S(C)(=O)=O)c2)O1. The summed E-state index contributed by atoms with van der Waals surface area (Å²) in [5, 5.41) is 5.73. The number of benzene rings is 1. The number of amides is 1. The Kier molecular flexibility index (Phi) is 5.98. The molecule has 2 aromatic heterocycles. The van der Waals surface area contributed by atoms with E-state index in [1.54, 1.807) is 18.2 Å². The number of pyridine rings is 1. The van der Waals surface area contributed by atoms with Crippen molar-refractivity contribution in [1.82, 2.24) is 15.0 Å². The molecule has 36 heavy (non-hydrogen) atoms. The van der Waals surface area contributed by atoms with Crippen LogP contribution >= 0.6 is 0 Å². The summed E-state index contributed by atoms with van der Waals surface area (Å²) in [6.45, 7) is 3.98. The number of carbonyl (C=O) groups is 1. The quantitative estimate of drug-likeness (QED) is 0.400. The van der Waals surface area contributed by atoms with Gasteiger partial charge < -0.3 is 20.4 Å². The third-order valence-electron chi connectivity index (χ3n) is 6.39. The van der Waals surface area contributed by atoms with Gasteiger partial charge in [0.1, 0.15) is 11.3 Å². The van der Waals surface area contributed by atoms with Crippen LogP contribution in [0.15, 0.2) is 29.2 Å². The zero-order valence-electron chi connectivity index (χ0n) is 20.1. The summed E-state index contributed by atoms with van der Waals surface area (Å²) in [6, 6.07) is 6.44. The maximum atomic E-state index is 13.4. The minimum Gasteiger partial charge on any atom is -0.368 e. The smallest absolute Gasteiger partial charge is 0.295 e. The van der Waals surface area contributed by atoms with E-state index in [9.17, 15) is 22.0 Å². The van der Waals surface area contributed by atoms with Crippen LogP contribution in [0.3, 0.4) is 0 Å². The maximum absolute atomic E-state index is 13.4. The van der Waals surface area contributed by atoms with Gasteiger partial charge in [-0.25, -0.2) is 27.2 Å². The number of nitrogens with zero attached hydrogens (tertiary/aromatic N) is 2. The van der Waals surface area contributed by atoms with E-state index in [2.05, 4.69) is 25.6 Å². The van der Waals surface area contributed by atoms with Crippen LogP contribution in [0.4, 0.5) is 26.0 Å². The number of nitrogens with one attached hydrogen (secondary N) is 3. The van der Waals surface area contributed by atoms with Gasteiger partial charge in [-0.15, -0.1) is 0 Å². The minimum atomic E-state index is -3.68. The lowest BCUT2D eigenvalue weighted by molar-refractivity contribution is -0.117. The van der Waals surface area contributed by atoms with E-state index in [1.807, 2.05) is 13.8 Å². The van der Waals surface area contributed by atoms with Gasteiger partial charge in [0, 0.05) is 18.2 Å². The van der Waals surface area contributed by atoms with Crippen molar-refractivity contribution in [3.63, 3.8) is 0 Å². The first kappa shape index (κ1) is 24.6. The summed E-state index contributed by atoms with van der Waals surface area (Å²) in [6.07, 6.45) is 1.19. The van der Waals surface area contributed by atoms with Gasteiger partial charge in [-0.1, -0.05) is 6.07 Å². The number of aromatic nitrogens is 3. The average Bonchev–Trinajstić information content (AvgIpc) is 3.45. The summed E-state index contributed by atoms with van der Waals surface area (Å²) < 4.78 is 58.2. The Balaban J connectivity index is 1.55. The van der Waals surface area contributed by atoms with Crippen molar-refractivity contribution in [1.29, 1.82) is 0 Å². The Labute approximate surface area is 207 Å². The molecule has 2 fully saturated rings. The molecule has 3 aromatic rings. The van der Waals surface area contributed by atoms with Gasteiger partial charge in [-0.3, -0.25) is 4.79 Å². The van der Waals surface area contributed by atoms with Crippen LogP contribution in [0.5, 0.6) is 0 Å². The highest BCUT2D eigenvalue weighted by molar-refractivity contribution is 7.90. The lowest BCUT2D eigenvalue weighted by Crippen LogP contribution is -2.17. The number of fused-ring (bicyclic) bond motifs is 1. The number of hydrogen-bond acceptors (Lipinski definition) is 7. The van der Waals surface area contributed by atoms with E-state index in [0.717, 1.165) is 37.5 Å². The maximum Gasteiger partial charge on any atom is 0.295 e. The number of alkyl halides is 2. The van der Waals surface area contributed by atoms with Crippen molar-refractivity contribution in [3.05, 3.63) is 35.7 Å². The van der Waals surface area contributed by atoms with Crippen molar-refractivity contribution in [2.75, 3.05) is 16.9 Å². The Morgan fingerprint density at radius 3 is 2.53 bits per heavy atom. The number of H-pyrrole nitrogens is 1. The number of ether oxygens (including phenoxy) is 1. The molecule has 12 heteroatoms. The second kappa shape index (κ2) is 8.77. The standard InChI is InChI=1S/C24H27F2N5O4S/c1-24(2)9-8-16(35-24)13-6-7-14(17(10-13)36(3,33)34)27-15-11-18(29-23(32)12-4-5-12)28-21-19(15)30-22(31-21)20(25)26/h6-7,10-12,16,20H,4-5,8-9H2,1-3H3,(H3,27,28,29,30,31,32)/t16-/m0/s1. The molecule has 0 spiro atoms. The zero-order valence-corrected chi connectivity index (χ0v) is 20.9. The average molecular weight is 520 g/mol. The second-order valence-corrected chi connectivity index (χ2v) is 12.0. The van der Waals surface area contributed by atoms with Gasteiger partial charge in [0.05, 0.1) is 28.0 Å². The van der Waals surface area contributed by atoms with E-state index < -0.39 is 22.1 Å². The number of halogens is 2. The lowest BCUT2D eigenvalue weighted by atomic mass is 10.0. The molecule has 0 radical (unpaired) electrons. The predicted octanol–water partition coefficient (Wildman–Crippen LogP) is 5.02. The Morgan fingerprint density at radius 1 is 1.17 bits per heavy atom. The molecule has 0 bridgehead atoms. The highest BCUT2D eigenvalue weighted by Gasteiger charge is 2.33. The molecule has 3 heterocycles. The van der Waals surface area contributed by atoms with Gasteiger partial charge in [-0.05, 0) is 57.2 Å². The highest BCUT2D eigenvalue weighted by Crippen LogP contribution is 2.41. The molecule has 1 aliphatic carbocycles. The zero-order chi connectivity index (χ0) is 25.8. The number of carbonyl (C=O) groups excluding carboxylic acids is 1. The molecule has 9 nitrogen and oxygen atoms in total. The summed E-state index contributed by atoms with van der Waals surface area (Å²) in [7, 11) is -3.68. The minimum absolute atomic E-state index is 0.0338. The second-order valence-electron chi connectivity index (χ2n) is 10.00. The van der Waals surface area contributed by atoms with Crippen LogP contribution in [0.2, 0.25) is 0 Å². The fourth-order valence-electron chi connectivity index (χ4n) is 4.36. The Hall–Kier alpha value is -3.12. The van der Waals surface area contributed by atoms with Crippen LogP contribution in [-0.4, -0.2) is 41.1 Å². The van der Waals surface area contributed by atoms with Crippen molar-refractivity contribution in [3.8, 4) is 0 Å². The molecular weight excluding hydrogens is 492 g/mol. The van der Waals surface area contributed by atoms with Crippen molar-refractivity contribution in [2.24, 2.45) is 5.92 Å². The molecule has 2 aliphatic rings. The van der Waals surface area contributed by atoms with Crippen molar-refractivity contribution in [2.45, 2.75) is 62.6 Å². The number of imidazole rings is 1. The molecule has 1 saturated carbocycles. The molecule has 3 N–H and O–H groups in total. The molecule has 192 valence electrons. The van der Waals surface area contributed by atoms with Gasteiger partial charge in [-0.2, -0.15) is 0 Å². The summed E-state index contributed by atoms with van der Waals surface area (Å²) >= 11 is 0. The van der Waals surface area contributed by atoms with Crippen LogP contribution < -0.4 is 10.6 Å². The van der Waals surface area contributed by atoms with E-state index in [1.165, 1.54) is 6.07 Å². The molecule has 1 aliphatic heterocycles. The van der Waals surface area contributed by atoms with E-state index >= 15 is 0 Å². The fourth-order valence-corrected chi connectivity index (χ4v) is 5.22.